The number of hydrogen-bond acceptors (Lipinski definition) is 1. The average Bonchev–Trinajstić information content (AvgIpc) is 3.12. The summed E-state index contributed by atoms with van der Waals surface area (Å²) in [6, 6.07) is 16.8. The van der Waals surface area contributed by atoms with Gasteiger partial charge in [0.15, 0.2) is 5.78 Å². The number of benzene rings is 2. The van der Waals surface area contributed by atoms with Crippen LogP contribution in [0.15, 0.2) is 60.8 Å². The summed E-state index contributed by atoms with van der Waals surface area (Å²) in [5, 5.41) is 0. The van der Waals surface area contributed by atoms with Gasteiger partial charge < -0.3 is 4.57 Å². The summed E-state index contributed by atoms with van der Waals surface area (Å²) in [5.41, 5.74) is 7.12. The number of carbonyl (C=O) groups excluding carboxylic acids is 1. The molecule has 0 fully saturated rings. The lowest BCUT2D eigenvalue weighted by Gasteiger charge is -2.08. The molecule has 28 heavy (non-hydrogen) atoms. The smallest absolute Gasteiger partial charge is 0.177 e. The zero-order valence-electron chi connectivity index (χ0n) is 15.8. The summed E-state index contributed by atoms with van der Waals surface area (Å²) in [4.78, 5) is 12.7. The van der Waals surface area contributed by atoms with Crippen molar-refractivity contribution in [2.45, 2.75) is 32.7 Å². The van der Waals surface area contributed by atoms with Crippen molar-refractivity contribution in [2.24, 2.45) is 0 Å². The van der Waals surface area contributed by atoms with E-state index >= 15 is 0 Å². The van der Waals surface area contributed by atoms with Crippen LogP contribution in [0.25, 0.3) is 28.0 Å². The number of aryl methyl sites for hydroxylation is 2. The van der Waals surface area contributed by atoms with Gasteiger partial charge in [-0.05, 0) is 42.5 Å². The van der Waals surface area contributed by atoms with E-state index in [1.165, 1.54) is 17.7 Å². The topological polar surface area (TPSA) is 26.4 Å². The first-order valence-corrected chi connectivity index (χ1v) is 9.74. The van der Waals surface area contributed by atoms with Crippen LogP contribution in [-0.4, -0.2) is 14.8 Å². The largest absolute Gasteiger partial charge is 0.325 e. The van der Waals surface area contributed by atoms with E-state index in [2.05, 4.69) is 27.3 Å². The molecule has 5 rings (SSSR count). The van der Waals surface area contributed by atoms with E-state index in [0.29, 0.717) is 5.69 Å². The van der Waals surface area contributed by atoms with Gasteiger partial charge >= 0.3 is 0 Å². The third-order valence-corrected chi connectivity index (χ3v) is 5.67. The van der Waals surface area contributed by atoms with Crippen molar-refractivity contribution in [2.75, 3.05) is 0 Å². The van der Waals surface area contributed by atoms with Crippen LogP contribution in [-0.2, 0) is 13.0 Å². The number of imidazole rings is 1. The number of rotatable bonds is 3. The molecule has 0 bridgehead atoms. The highest BCUT2D eigenvalue weighted by Crippen LogP contribution is 2.39. The van der Waals surface area contributed by atoms with Crippen molar-refractivity contribution >= 4 is 11.4 Å². The van der Waals surface area contributed by atoms with Crippen LogP contribution in [0.5, 0.6) is 0 Å². The minimum Gasteiger partial charge on any atom is -0.325 e. The molecule has 0 saturated carbocycles. The Balaban J connectivity index is 1.86. The third kappa shape index (κ3) is 2.52. The molecule has 3 nitrogen and oxygen atoms in total. The maximum absolute atomic E-state index is 13.5. The monoisotopic (exact) mass is 372 g/mol. The predicted molar refractivity (Wildman–Crippen MR) is 109 cm³/mol. The highest BCUT2D eigenvalue weighted by Gasteiger charge is 2.27. The maximum Gasteiger partial charge on any atom is 0.177 e. The number of aromatic nitrogens is 2. The molecule has 0 atom stereocenters. The van der Waals surface area contributed by atoms with Gasteiger partial charge in [-0.3, -0.25) is 9.20 Å². The van der Waals surface area contributed by atoms with Crippen LogP contribution in [0.2, 0.25) is 0 Å². The van der Waals surface area contributed by atoms with Gasteiger partial charge in [-0.2, -0.15) is 0 Å². The zero-order valence-corrected chi connectivity index (χ0v) is 15.8. The van der Waals surface area contributed by atoms with E-state index in [4.69, 9.17) is 0 Å². The molecular formula is C24H21FN2O. The van der Waals surface area contributed by atoms with Gasteiger partial charge in [0.25, 0.3) is 0 Å². The lowest BCUT2D eigenvalue weighted by molar-refractivity contribution is 0.101. The summed E-state index contributed by atoms with van der Waals surface area (Å²) in [7, 11) is 0. The van der Waals surface area contributed by atoms with Crippen LogP contribution < -0.4 is 0 Å². The zero-order chi connectivity index (χ0) is 19.3. The predicted octanol–water partition coefficient (Wildman–Crippen LogP) is 5.75. The molecule has 0 unspecified atom stereocenters. The Labute approximate surface area is 163 Å². The van der Waals surface area contributed by atoms with Crippen LogP contribution in [0.4, 0.5) is 4.39 Å². The van der Waals surface area contributed by atoms with Gasteiger partial charge in [0, 0.05) is 30.8 Å². The second-order valence-electron chi connectivity index (χ2n) is 7.45. The molecule has 140 valence electrons. The highest BCUT2D eigenvalue weighted by atomic mass is 19.1. The van der Waals surface area contributed by atoms with E-state index < -0.39 is 0 Å². The maximum atomic E-state index is 13.5. The summed E-state index contributed by atoms with van der Waals surface area (Å²) >= 11 is 0. The quantitative estimate of drug-likeness (QED) is 0.420. The third-order valence-electron chi connectivity index (χ3n) is 5.67. The van der Waals surface area contributed by atoms with Crippen LogP contribution >= 0.6 is 0 Å². The molecule has 0 aliphatic carbocycles. The van der Waals surface area contributed by atoms with E-state index in [1.807, 2.05) is 18.2 Å². The normalized spacial score (nSPS) is 13.6. The van der Waals surface area contributed by atoms with Gasteiger partial charge in [0.1, 0.15) is 11.5 Å². The lowest BCUT2D eigenvalue weighted by atomic mass is 9.97. The summed E-state index contributed by atoms with van der Waals surface area (Å²) in [5.74, 6) is -0.239. The number of nitrogens with zero attached hydrogens (tertiary/aromatic N) is 2. The Kier molecular flexibility index (Phi) is 3.93. The molecule has 1 aliphatic rings. The van der Waals surface area contributed by atoms with Crippen molar-refractivity contribution in [3.63, 3.8) is 0 Å². The van der Waals surface area contributed by atoms with E-state index in [1.54, 1.807) is 19.1 Å². The molecule has 0 N–H and O–H groups in total. The molecule has 0 radical (unpaired) electrons. The molecule has 4 heteroatoms. The lowest BCUT2D eigenvalue weighted by Crippen LogP contribution is -2.00. The average molecular weight is 372 g/mol. The Morgan fingerprint density at radius 2 is 1.71 bits per heavy atom. The minimum atomic E-state index is -0.265. The first-order chi connectivity index (χ1) is 13.6. The van der Waals surface area contributed by atoms with Crippen molar-refractivity contribution in [3.05, 3.63) is 77.9 Å². The van der Waals surface area contributed by atoms with E-state index in [9.17, 15) is 9.18 Å². The van der Waals surface area contributed by atoms with Gasteiger partial charge in [-0.25, -0.2) is 4.39 Å². The van der Waals surface area contributed by atoms with Crippen LogP contribution in [0.1, 0.15) is 35.8 Å². The Hall–Kier alpha value is -3.14. The molecule has 3 heterocycles. The number of carbonyl (C=O) groups is 1. The SMILES string of the molecule is CC(=O)c1c(-c2ccc(F)cc2)c2c3n(c(-c4ccccc4)cn13)CCCC2. The molecule has 2 aromatic carbocycles. The van der Waals surface area contributed by atoms with E-state index in [0.717, 1.165) is 53.8 Å². The molecule has 0 spiro atoms. The van der Waals surface area contributed by atoms with Crippen molar-refractivity contribution in [1.82, 2.24) is 8.97 Å². The first kappa shape index (κ1) is 17.0. The number of hydrogen-bond donors (Lipinski definition) is 0. The fraction of sp³-hybridized carbons (Fsp3) is 0.208. The van der Waals surface area contributed by atoms with Crippen molar-refractivity contribution in [3.8, 4) is 22.4 Å². The Morgan fingerprint density at radius 3 is 2.43 bits per heavy atom. The molecule has 2 aromatic heterocycles. The fourth-order valence-corrected chi connectivity index (χ4v) is 4.50. The summed E-state index contributed by atoms with van der Waals surface area (Å²) in [6.07, 6.45) is 5.17. The fourth-order valence-electron chi connectivity index (χ4n) is 4.50. The first-order valence-electron chi connectivity index (χ1n) is 9.74. The number of ketones is 1. The van der Waals surface area contributed by atoms with Crippen molar-refractivity contribution in [1.29, 1.82) is 0 Å². The van der Waals surface area contributed by atoms with Crippen LogP contribution in [0.3, 0.4) is 0 Å². The van der Waals surface area contributed by atoms with E-state index in [-0.39, 0.29) is 11.6 Å². The van der Waals surface area contributed by atoms with Crippen molar-refractivity contribution < 1.29 is 9.18 Å². The second-order valence-corrected chi connectivity index (χ2v) is 7.45. The molecule has 0 saturated heterocycles. The van der Waals surface area contributed by atoms with Gasteiger partial charge in [-0.15, -0.1) is 0 Å². The highest BCUT2D eigenvalue weighted by molar-refractivity contribution is 6.03. The molecule has 0 amide bonds. The second kappa shape index (κ2) is 6.48. The van der Waals surface area contributed by atoms with Crippen LogP contribution in [0, 0.1) is 5.82 Å². The molecular weight excluding hydrogens is 351 g/mol. The minimum absolute atomic E-state index is 0.0258. The molecule has 1 aliphatic heterocycles. The Morgan fingerprint density at radius 1 is 0.964 bits per heavy atom. The number of Topliss-reactive ketones (excluding diaryl/α,β-unsaturated/α-hetero) is 1. The van der Waals surface area contributed by atoms with Gasteiger partial charge in [-0.1, -0.05) is 42.5 Å². The summed E-state index contributed by atoms with van der Waals surface area (Å²) < 4.78 is 17.9. The number of halogens is 1. The standard InChI is InChI=1S/C24H21FN2O/c1-16(28)23-22(18-10-12-19(25)13-11-18)20-9-5-6-14-26-21(15-27(23)24(20)26)17-7-3-2-4-8-17/h2-4,7-8,10-13,15H,5-6,9,14H2,1H3. The van der Waals surface area contributed by atoms with Gasteiger partial charge in [0.2, 0.25) is 0 Å². The molecule has 4 aromatic rings. The van der Waals surface area contributed by atoms with Gasteiger partial charge in [0.05, 0.1) is 11.4 Å². The summed E-state index contributed by atoms with van der Waals surface area (Å²) in [6.45, 7) is 2.54. The Bertz CT molecular complexity index is 1180.